The maximum Gasteiger partial charge on any atom is 0.228 e. The van der Waals surface area contributed by atoms with Gasteiger partial charge in [-0.3, -0.25) is 4.79 Å². The van der Waals surface area contributed by atoms with Crippen LogP contribution in [0.2, 0.25) is 0 Å². The minimum Gasteiger partial charge on any atom is -0.369 e. The molecule has 84 valence electrons. The molecule has 2 rings (SSSR count). The van der Waals surface area contributed by atoms with Crippen LogP contribution in [0, 0.1) is 11.3 Å². The Bertz CT molecular complexity index is 357. The Hall–Kier alpha value is -0.830. The Morgan fingerprint density at radius 3 is 2.47 bits per heavy atom. The molecule has 2 unspecified atom stereocenters. The number of primary amides is 1. The lowest BCUT2D eigenvalue weighted by Crippen LogP contribution is -2.63. The molecule has 1 amide bonds. The molecular weight excluding hydrogens is 188 g/mol. The van der Waals surface area contributed by atoms with E-state index in [4.69, 9.17) is 5.73 Å². The van der Waals surface area contributed by atoms with Gasteiger partial charge in [0.05, 0.1) is 5.41 Å². The van der Waals surface area contributed by atoms with E-state index in [0.717, 1.165) is 12.8 Å². The molecule has 2 atom stereocenters. The van der Waals surface area contributed by atoms with Crippen molar-refractivity contribution in [1.82, 2.24) is 5.32 Å². The molecule has 15 heavy (non-hydrogen) atoms. The third kappa shape index (κ3) is 1.02. The molecule has 3 N–H and O–H groups in total. The normalized spacial score (nSPS) is 34.3. The first kappa shape index (κ1) is 10.7. The van der Waals surface area contributed by atoms with Gasteiger partial charge in [0, 0.05) is 11.5 Å². The highest BCUT2D eigenvalue weighted by Gasteiger charge is 2.63. The molecule has 3 heteroatoms. The summed E-state index contributed by atoms with van der Waals surface area (Å²) in [7, 11) is 1.96. The van der Waals surface area contributed by atoms with Crippen LogP contribution in [-0.4, -0.2) is 18.5 Å². The van der Waals surface area contributed by atoms with E-state index in [9.17, 15) is 4.79 Å². The third-order valence-corrected chi connectivity index (χ3v) is 4.58. The highest BCUT2D eigenvalue weighted by atomic mass is 16.1. The second-order valence-electron chi connectivity index (χ2n) is 5.34. The Labute approximate surface area is 91.1 Å². The smallest absolute Gasteiger partial charge is 0.228 e. The maximum atomic E-state index is 11.5. The number of fused-ring (bicyclic) bond motifs is 1. The molecule has 0 bridgehead atoms. The van der Waals surface area contributed by atoms with Gasteiger partial charge in [0.1, 0.15) is 0 Å². The van der Waals surface area contributed by atoms with Gasteiger partial charge in [-0.25, -0.2) is 0 Å². The van der Waals surface area contributed by atoms with Crippen LogP contribution in [0.25, 0.3) is 0 Å². The minimum atomic E-state index is -0.274. The molecular formula is C12H20N2O. The number of nitrogens with one attached hydrogen (secondary N) is 1. The Kier molecular flexibility index (Phi) is 2.03. The van der Waals surface area contributed by atoms with E-state index in [1.807, 2.05) is 7.05 Å². The van der Waals surface area contributed by atoms with Gasteiger partial charge in [0.25, 0.3) is 0 Å². The van der Waals surface area contributed by atoms with Crippen molar-refractivity contribution in [2.45, 2.75) is 39.2 Å². The highest BCUT2D eigenvalue weighted by Crippen LogP contribution is 2.66. The monoisotopic (exact) mass is 208 g/mol. The summed E-state index contributed by atoms with van der Waals surface area (Å²) in [6, 6.07) is 0. The topological polar surface area (TPSA) is 55.1 Å². The highest BCUT2D eigenvalue weighted by molar-refractivity contribution is 5.89. The molecule has 0 radical (unpaired) electrons. The molecule has 0 heterocycles. The summed E-state index contributed by atoms with van der Waals surface area (Å²) in [5, 5.41) is 3.30. The SMILES string of the molecule is CNC(C)(C)C1=C(C)C2(C(N)=O)CCC12. The standard InChI is InChI=1S/C12H20N2O/c1-7-9(11(2,3)14-4)8-5-6-12(7,8)10(13)15/h8,14H,5-6H2,1-4H3,(H2,13,15). The molecule has 1 saturated carbocycles. The zero-order chi connectivity index (χ0) is 11.4. The quantitative estimate of drug-likeness (QED) is 0.685. The van der Waals surface area contributed by atoms with Gasteiger partial charge in [-0.05, 0) is 46.2 Å². The second kappa shape index (κ2) is 2.85. The van der Waals surface area contributed by atoms with Crippen LogP contribution < -0.4 is 11.1 Å². The molecule has 2 aliphatic rings. The van der Waals surface area contributed by atoms with E-state index in [0.29, 0.717) is 5.92 Å². The number of rotatable bonds is 3. The summed E-state index contributed by atoms with van der Waals surface area (Å²) in [5.74, 6) is 0.268. The molecule has 3 nitrogen and oxygen atoms in total. The van der Waals surface area contributed by atoms with Crippen molar-refractivity contribution in [3.8, 4) is 0 Å². The Balaban J connectivity index is 2.39. The van der Waals surface area contributed by atoms with Crippen molar-refractivity contribution in [3.05, 3.63) is 11.1 Å². The largest absolute Gasteiger partial charge is 0.369 e. The van der Waals surface area contributed by atoms with Gasteiger partial charge < -0.3 is 11.1 Å². The zero-order valence-electron chi connectivity index (χ0n) is 9.98. The van der Waals surface area contributed by atoms with Gasteiger partial charge in [-0.15, -0.1) is 0 Å². The molecule has 1 fully saturated rings. The fraction of sp³-hybridized carbons (Fsp3) is 0.750. The number of carbonyl (C=O) groups is 1. The first-order valence-electron chi connectivity index (χ1n) is 5.58. The van der Waals surface area contributed by atoms with Crippen molar-refractivity contribution in [3.63, 3.8) is 0 Å². The van der Waals surface area contributed by atoms with Gasteiger partial charge in [0.15, 0.2) is 0 Å². The van der Waals surface area contributed by atoms with E-state index in [2.05, 4.69) is 26.1 Å². The van der Waals surface area contributed by atoms with Crippen LogP contribution in [-0.2, 0) is 4.79 Å². The van der Waals surface area contributed by atoms with E-state index in [1.165, 1.54) is 11.1 Å². The van der Waals surface area contributed by atoms with Gasteiger partial charge in [-0.2, -0.15) is 0 Å². The van der Waals surface area contributed by atoms with E-state index in [1.54, 1.807) is 0 Å². The third-order valence-electron chi connectivity index (χ3n) is 4.58. The number of likely N-dealkylation sites (N-methyl/N-ethyl adjacent to an activating group) is 1. The lowest BCUT2D eigenvalue weighted by molar-refractivity contribution is -0.136. The van der Waals surface area contributed by atoms with Crippen molar-refractivity contribution in [2.24, 2.45) is 17.1 Å². The number of hydrogen-bond acceptors (Lipinski definition) is 2. The molecule has 0 saturated heterocycles. The summed E-state index contributed by atoms with van der Waals surface area (Å²) in [5.41, 5.74) is 7.85. The number of nitrogens with two attached hydrogens (primary N) is 1. The van der Waals surface area contributed by atoms with Gasteiger partial charge in [0.2, 0.25) is 5.91 Å². The summed E-state index contributed by atoms with van der Waals surface area (Å²) < 4.78 is 0. The fourth-order valence-electron chi connectivity index (χ4n) is 3.36. The lowest BCUT2D eigenvalue weighted by Gasteiger charge is -2.61. The molecule has 0 spiro atoms. The minimum absolute atomic E-state index is 0.00583. The Morgan fingerprint density at radius 2 is 2.20 bits per heavy atom. The fourth-order valence-corrected chi connectivity index (χ4v) is 3.36. The first-order valence-corrected chi connectivity index (χ1v) is 5.58. The predicted molar refractivity (Wildman–Crippen MR) is 60.2 cm³/mol. The number of amides is 1. The van der Waals surface area contributed by atoms with Gasteiger partial charge >= 0.3 is 0 Å². The van der Waals surface area contributed by atoms with E-state index in [-0.39, 0.29) is 16.9 Å². The van der Waals surface area contributed by atoms with Crippen LogP contribution >= 0.6 is 0 Å². The maximum absolute atomic E-state index is 11.5. The number of hydrogen-bond donors (Lipinski definition) is 2. The van der Waals surface area contributed by atoms with Crippen LogP contribution in [0.15, 0.2) is 11.1 Å². The summed E-state index contributed by atoms with van der Waals surface area (Å²) in [6.07, 6.45) is 2.06. The van der Waals surface area contributed by atoms with Crippen molar-refractivity contribution in [2.75, 3.05) is 7.05 Å². The van der Waals surface area contributed by atoms with E-state index < -0.39 is 0 Å². The number of carbonyl (C=O) groups excluding carboxylic acids is 1. The predicted octanol–water partition coefficient (Wildman–Crippen LogP) is 1.20. The van der Waals surface area contributed by atoms with E-state index >= 15 is 0 Å². The molecule has 0 aromatic heterocycles. The lowest BCUT2D eigenvalue weighted by atomic mass is 9.42. The molecule has 0 aliphatic heterocycles. The van der Waals surface area contributed by atoms with Crippen molar-refractivity contribution < 1.29 is 4.79 Å². The summed E-state index contributed by atoms with van der Waals surface area (Å²) in [4.78, 5) is 11.5. The summed E-state index contributed by atoms with van der Waals surface area (Å²) in [6.45, 7) is 6.39. The van der Waals surface area contributed by atoms with Gasteiger partial charge in [-0.1, -0.05) is 5.57 Å². The van der Waals surface area contributed by atoms with Crippen LogP contribution in [0.3, 0.4) is 0 Å². The van der Waals surface area contributed by atoms with Crippen molar-refractivity contribution >= 4 is 5.91 Å². The van der Waals surface area contributed by atoms with Crippen LogP contribution in [0.4, 0.5) is 0 Å². The Morgan fingerprint density at radius 1 is 1.60 bits per heavy atom. The second-order valence-corrected chi connectivity index (χ2v) is 5.34. The first-order chi connectivity index (χ1) is 6.88. The molecule has 2 aliphatic carbocycles. The van der Waals surface area contributed by atoms with Crippen molar-refractivity contribution in [1.29, 1.82) is 0 Å². The molecule has 0 aromatic carbocycles. The average molecular weight is 208 g/mol. The average Bonchev–Trinajstić information content (AvgIpc) is 2.11. The van der Waals surface area contributed by atoms with Crippen LogP contribution in [0.1, 0.15) is 33.6 Å². The zero-order valence-corrected chi connectivity index (χ0v) is 9.98. The molecule has 0 aromatic rings. The van der Waals surface area contributed by atoms with Crippen LogP contribution in [0.5, 0.6) is 0 Å². The summed E-state index contributed by atoms with van der Waals surface area (Å²) >= 11 is 0.